The molecule has 0 aromatic heterocycles. The Hall–Kier alpha value is -2.41. The fourth-order valence-electron chi connectivity index (χ4n) is 2.40. The number of rotatable bonds is 7. The molecule has 1 N–H and O–H groups in total. The van der Waals surface area contributed by atoms with Gasteiger partial charge in [0.25, 0.3) is 5.91 Å². The molecule has 7 heteroatoms. The highest BCUT2D eigenvalue weighted by molar-refractivity contribution is 9.10. The molecule has 2 aromatic rings. The number of nitrogens with one attached hydrogen (secondary N) is 1. The molecule has 0 bridgehead atoms. The van der Waals surface area contributed by atoms with E-state index in [0.717, 1.165) is 10.5 Å². The topological polar surface area (TPSA) is 58.6 Å². The van der Waals surface area contributed by atoms with Crippen LogP contribution in [0, 0.1) is 5.82 Å². The van der Waals surface area contributed by atoms with E-state index >= 15 is 0 Å². The zero-order valence-corrected chi connectivity index (χ0v) is 17.0. The Bertz CT molecular complexity index is 809. The van der Waals surface area contributed by atoms with Crippen LogP contribution in [0.1, 0.15) is 31.1 Å². The van der Waals surface area contributed by atoms with E-state index in [1.165, 1.54) is 17.0 Å². The van der Waals surface area contributed by atoms with E-state index in [2.05, 4.69) is 21.2 Å². The number of hydrogen-bond acceptors (Lipinski definition) is 3. The Morgan fingerprint density at radius 3 is 2.41 bits per heavy atom. The van der Waals surface area contributed by atoms with Gasteiger partial charge in [0.05, 0.1) is 6.54 Å². The van der Waals surface area contributed by atoms with Crippen molar-refractivity contribution >= 4 is 27.7 Å². The molecule has 144 valence electrons. The summed E-state index contributed by atoms with van der Waals surface area (Å²) in [5.41, 5.74) is 0.162. The van der Waals surface area contributed by atoms with Crippen LogP contribution in [0.3, 0.4) is 0 Å². The molecule has 0 saturated heterocycles. The number of likely N-dealkylation sites (N-methyl/N-ethyl adjacent to an activating group) is 1. The molecular formula is C20H22BrFN2O3. The molecule has 0 atom stereocenters. The minimum absolute atomic E-state index is 0.0150. The average Bonchev–Trinajstić information content (AvgIpc) is 2.62. The molecule has 0 fully saturated rings. The van der Waals surface area contributed by atoms with Crippen LogP contribution in [0.4, 0.5) is 4.39 Å². The van der Waals surface area contributed by atoms with E-state index in [4.69, 9.17) is 4.74 Å². The van der Waals surface area contributed by atoms with E-state index in [0.29, 0.717) is 12.3 Å². The normalized spacial score (nSPS) is 10.6. The van der Waals surface area contributed by atoms with Crippen LogP contribution < -0.4 is 10.1 Å². The summed E-state index contributed by atoms with van der Waals surface area (Å²) >= 11 is 3.32. The van der Waals surface area contributed by atoms with Crippen molar-refractivity contribution in [3.8, 4) is 11.5 Å². The Kier molecular flexibility index (Phi) is 7.36. The molecule has 2 aromatic carbocycles. The number of nitrogens with zero attached hydrogens (tertiary/aromatic N) is 1. The van der Waals surface area contributed by atoms with Gasteiger partial charge in [0, 0.05) is 22.6 Å². The summed E-state index contributed by atoms with van der Waals surface area (Å²) in [6, 6.07) is 11.0. The van der Waals surface area contributed by atoms with Crippen LogP contribution in [0.25, 0.3) is 0 Å². The summed E-state index contributed by atoms with van der Waals surface area (Å²) < 4.78 is 20.8. The molecule has 0 saturated carbocycles. The lowest BCUT2D eigenvalue weighted by atomic mass is 10.1. The first-order valence-electron chi connectivity index (χ1n) is 8.61. The zero-order chi connectivity index (χ0) is 20.0. The number of benzene rings is 2. The maximum Gasteiger partial charge on any atom is 0.254 e. The van der Waals surface area contributed by atoms with Crippen LogP contribution in [0.2, 0.25) is 0 Å². The van der Waals surface area contributed by atoms with Gasteiger partial charge in [-0.2, -0.15) is 0 Å². The van der Waals surface area contributed by atoms with E-state index in [1.807, 2.05) is 13.8 Å². The van der Waals surface area contributed by atoms with Crippen molar-refractivity contribution in [2.75, 3.05) is 13.1 Å². The second-order valence-electron chi connectivity index (χ2n) is 6.24. The van der Waals surface area contributed by atoms with Gasteiger partial charge in [0.15, 0.2) is 11.6 Å². The monoisotopic (exact) mass is 436 g/mol. The third kappa shape index (κ3) is 6.06. The number of carbonyl (C=O) groups excluding carboxylic acids is 2. The molecule has 0 unspecified atom stereocenters. The molecule has 27 heavy (non-hydrogen) atoms. The number of carbonyl (C=O) groups is 2. The Labute approximate surface area is 166 Å². The standard InChI is InChI=1S/C20H22BrFN2O3/c1-4-24(12-19(25)23-13(2)3)20(26)14-5-10-18(17(22)11-14)27-16-8-6-15(21)7-9-16/h5-11,13H,4,12H2,1-3H3,(H,23,25). The molecule has 0 spiro atoms. The van der Waals surface area contributed by atoms with Crippen molar-refractivity contribution < 1.29 is 18.7 Å². The highest BCUT2D eigenvalue weighted by Crippen LogP contribution is 2.26. The third-order valence-corrected chi connectivity index (χ3v) is 4.20. The molecule has 0 aliphatic rings. The maximum atomic E-state index is 14.4. The molecule has 0 heterocycles. The van der Waals surface area contributed by atoms with Crippen LogP contribution in [-0.2, 0) is 4.79 Å². The van der Waals surface area contributed by atoms with Crippen molar-refractivity contribution in [2.45, 2.75) is 26.8 Å². The summed E-state index contributed by atoms with van der Waals surface area (Å²) in [5, 5.41) is 2.74. The van der Waals surface area contributed by atoms with Gasteiger partial charge in [0.2, 0.25) is 5.91 Å². The number of hydrogen-bond donors (Lipinski definition) is 1. The average molecular weight is 437 g/mol. The van der Waals surface area contributed by atoms with Gasteiger partial charge >= 0.3 is 0 Å². The lowest BCUT2D eigenvalue weighted by molar-refractivity contribution is -0.122. The van der Waals surface area contributed by atoms with Crippen LogP contribution in [0.5, 0.6) is 11.5 Å². The van der Waals surface area contributed by atoms with Gasteiger partial charge in [-0.15, -0.1) is 0 Å². The molecule has 5 nitrogen and oxygen atoms in total. The van der Waals surface area contributed by atoms with Gasteiger partial charge < -0.3 is 15.0 Å². The molecular weight excluding hydrogens is 415 g/mol. The molecule has 2 rings (SSSR count). The van der Waals surface area contributed by atoms with Gasteiger partial charge in [-0.1, -0.05) is 15.9 Å². The van der Waals surface area contributed by atoms with Gasteiger partial charge in [-0.3, -0.25) is 9.59 Å². The van der Waals surface area contributed by atoms with Crippen LogP contribution in [-0.4, -0.2) is 35.8 Å². The van der Waals surface area contributed by atoms with E-state index in [-0.39, 0.29) is 29.8 Å². The summed E-state index contributed by atoms with van der Waals surface area (Å²) in [7, 11) is 0. The van der Waals surface area contributed by atoms with E-state index in [9.17, 15) is 14.0 Å². The number of halogens is 2. The smallest absolute Gasteiger partial charge is 0.254 e. The van der Waals surface area contributed by atoms with Crippen molar-refractivity contribution in [3.63, 3.8) is 0 Å². The summed E-state index contributed by atoms with van der Waals surface area (Å²) in [6.07, 6.45) is 0. The lowest BCUT2D eigenvalue weighted by Gasteiger charge is -2.21. The zero-order valence-electron chi connectivity index (χ0n) is 15.5. The van der Waals surface area contributed by atoms with Gasteiger partial charge in [-0.05, 0) is 63.2 Å². The molecule has 0 radical (unpaired) electrons. The van der Waals surface area contributed by atoms with Gasteiger partial charge in [0.1, 0.15) is 5.75 Å². The van der Waals surface area contributed by atoms with Crippen molar-refractivity contribution in [2.24, 2.45) is 0 Å². The Morgan fingerprint density at radius 1 is 1.19 bits per heavy atom. The van der Waals surface area contributed by atoms with Crippen LogP contribution >= 0.6 is 15.9 Å². The predicted molar refractivity (Wildman–Crippen MR) is 105 cm³/mol. The van der Waals surface area contributed by atoms with Crippen molar-refractivity contribution in [3.05, 3.63) is 58.3 Å². The fraction of sp³-hybridized carbons (Fsp3) is 0.300. The Morgan fingerprint density at radius 2 is 1.85 bits per heavy atom. The minimum atomic E-state index is -0.647. The fourth-order valence-corrected chi connectivity index (χ4v) is 2.66. The highest BCUT2D eigenvalue weighted by atomic mass is 79.9. The quantitative estimate of drug-likeness (QED) is 0.700. The minimum Gasteiger partial charge on any atom is -0.454 e. The van der Waals surface area contributed by atoms with E-state index < -0.39 is 11.7 Å². The number of ether oxygens (including phenoxy) is 1. The van der Waals surface area contributed by atoms with E-state index in [1.54, 1.807) is 31.2 Å². The lowest BCUT2D eigenvalue weighted by Crippen LogP contribution is -2.42. The SMILES string of the molecule is CCN(CC(=O)NC(C)C)C(=O)c1ccc(Oc2ccc(Br)cc2)c(F)c1. The molecule has 0 aliphatic carbocycles. The summed E-state index contributed by atoms with van der Waals surface area (Å²) in [6.45, 7) is 5.71. The first-order chi connectivity index (χ1) is 12.8. The third-order valence-electron chi connectivity index (χ3n) is 3.67. The first kappa shape index (κ1) is 20.9. The predicted octanol–water partition coefficient (Wildman–Crippen LogP) is 4.37. The number of amides is 2. The second-order valence-corrected chi connectivity index (χ2v) is 7.16. The maximum absolute atomic E-state index is 14.4. The van der Waals surface area contributed by atoms with Gasteiger partial charge in [-0.25, -0.2) is 4.39 Å². The first-order valence-corrected chi connectivity index (χ1v) is 9.41. The Balaban J connectivity index is 2.11. The largest absolute Gasteiger partial charge is 0.454 e. The molecule has 0 aliphatic heterocycles. The van der Waals surface area contributed by atoms with Crippen molar-refractivity contribution in [1.29, 1.82) is 0 Å². The summed E-state index contributed by atoms with van der Waals surface area (Å²) in [5.74, 6) is -0.806. The molecule has 2 amide bonds. The van der Waals surface area contributed by atoms with Crippen molar-refractivity contribution in [1.82, 2.24) is 10.2 Å². The second kappa shape index (κ2) is 9.50. The highest BCUT2D eigenvalue weighted by Gasteiger charge is 2.19. The summed E-state index contributed by atoms with van der Waals surface area (Å²) in [4.78, 5) is 25.9. The van der Waals surface area contributed by atoms with Crippen LogP contribution in [0.15, 0.2) is 46.9 Å².